The zero-order valence-corrected chi connectivity index (χ0v) is 15.3. The molecule has 152 valence electrons. The summed E-state index contributed by atoms with van der Waals surface area (Å²) in [5.41, 5.74) is 4.40. The Kier molecular flexibility index (Phi) is 4.79. The number of hydrogen-bond acceptors (Lipinski definition) is 2. The number of rotatable bonds is 3. The fourth-order valence-electron chi connectivity index (χ4n) is 3.39. The van der Waals surface area contributed by atoms with Gasteiger partial charge in [-0.3, -0.25) is 10.2 Å². The smallest absolute Gasteiger partial charge is 0.350 e. The number of nitrogens with one attached hydrogen (secondary N) is 2. The summed E-state index contributed by atoms with van der Waals surface area (Å²) in [7, 11) is 0. The minimum atomic E-state index is -4.46. The molecule has 0 bridgehead atoms. The van der Waals surface area contributed by atoms with Crippen molar-refractivity contribution >= 4 is 16.8 Å². The zero-order chi connectivity index (χ0) is 21.5. The van der Waals surface area contributed by atoms with Gasteiger partial charge in [-0.05, 0) is 47.0 Å². The van der Waals surface area contributed by atoms with E-state index < -0.39 is 17.6 Å². The molecule has 1 amide bonds. The first kappa shape index (κ1) is 19.7. The van der Waals surface area contributed by atoms with E-state index in [1.54, 1.807) is 30.3 Å². The zero-order valence-electron chi connectivity index (χ0n) is 15.3. The largest absolute Gasteiger partial charge is 0.416 e. The van der Waals surface area contributed by atoms with Crippen LogP contribution in [0.3, 0.4) is 0 Å². The van der Waals surface area contributed by atoms with Gasteiger partial charge in [0.15, 0.2) is 0 Å². The lowest BCUT2D eigenvalue weighted by atomic mass is 9.98. The third kappa shape index (κ3) is 3.53. The number of carbonyl (C=O) groups is 1. The Hall–Kier alpha value is -3.65. The molecule has 0 saturated heterocycles. The quantitative estimate of drug-likeness (QED) is 0.186. The van der Waals surface area contributed by atoms with Gasteiger partial charge in [0.25, 0.3) is 5.91 Å². The molecule has 1 aromatic heterocycles. The Balaban J connectivity index is 1.87. The van der Waals surface area contributed by atoms with Crippen molar-refractivity contribution in [3.8, 4) is 22.3 Å². The maximum atomic E-state index is 13.2. The van der Waals surface area contributed by atoms with Crippen molar-refractivity contribution in [2.75, 3.05) is 0 Å². The number of alkyl halides is 3. The number of aromatic nitrogens is 1. The number of hydrogen-bond donors (Lipinski definition) is 3. The van der Waals surface area contributed by atoms with E-state index in [1.165, 1.54) is 24.3 Å². The van der Waals surface area contributed by atoms with Gasteiger partial charge in [-0.25, -0.2) is 10.2 Å². The van der Waals surface area contributed by atoms with E-state index in [0.29, 0.717) is 22.0 Å². The number of halogens is 4. The minimum absolute atomic E-state index is 0.128. The van der Waals surface area contributed by atoms with Gasteiger partial charge in [-0.15, -0.1) is 0 Å². The summed E-state index contributed by atoms with van der Waals surface area (Å²) in [6.07, 6.45) is -4.46. The van der Waals surface area contributed by atoms with Crippen molar-refractivity contribution in [1.82, 2.24) is 10.4 Å². The third-order valence-corrected chi connectivity index (χ3v) is 4.84. The molecule has 8 heteroatoms. The number of hydrazine groups is 1. The molecule has 4 nitrogen and oxygen atoms in total. The molecule has 0 unspecified atom stereocenters. The van der Waals surface area contributed by atoms with Crippen LogP contribution in [-0.4, -0.2) is 10.9 Å². The Morgan fingerprint density at radius 3 is 2.07 bits per heavy atom. The summed E-state index contributed by atoms with van der Waals surface area (Å²) in [6.45, 7) is 0. The molecule has 1 heterocycles. The standard InChI is InChI=1S/C22H15F4N3O/c23-16-8-3-12(4-9-16)14-5-10-17-18(11-14)28-20(21(30)29-27)19(17)13-1-6-15(7-2-13)22(24,25)26/h1-11,28H,27H2,(H,29,30). The van der Waals surface area contributed by atoms with E-state index >= 15 is 0 Å². The second-order valence-electron chi connectivity index (χ2n) is 6.69. The molecular weight excluding hydrogens is 398 g/mol. The van der Waals surface area contributed by atoms with Crippen LogP contribution in [0.25, 0.3) is 33.2 Å². The fourth-order valence-corrected chi connectivity index (χ4v) is 3.39. The highest BCUT2D eigenvalue weighted by Crippen LogP contribution is 2.37. The predicted molar refractivity (Wildman–Crippen MR) is 106 cm³/mol. The second kappa shape index (κ2) is 7.31. The van der Waals surface area contributed by atoms with Crippen LogP contribution in [0.2, 0.25) is 0 Å². The maximum absolute atomic E-state index is 13.2. The summed E-state index contributed by atoms with van der Waals surface area (Å²) < 4.78 is 51.9. The van der Waals surface area contributed by atoms with Crippen LogP contribution in [0.4, 0.5) is 17.6 Å². The van der Waals surface area contributed by atoms with E-state index in [0.717, 1.165) is 23.3 Å². The number of fused-ring (bicyclic) bond motifs is 1. The van der Waals surface area contributed by atoms with Gasteiger partial charge in [0, 0.05) is 16.5 Å². The Labute approximate surface area is 168 Å². The Bertz CT molecular complexity index is 1230. The van der Waals surface area contributed by atoms with Crippen LogP contribution in [0.5, 0.6) is 0 Å². The van der Waals surface area contributed by atoms with Crippen LogP contribution >= 0.6 is 0 Å². The number of amides is 1. The van der Waals surface area contributed by atoms with Gasteiger partial charge in [-0.1, -0.05) is 36.4 Å². The van der Waals surface area contributed by atoms with Crippen LogP contribution in [0.15, 0.2) is 66.7 Å². The summed E-state index contributed by atoms with van der Waals surface area (Å²) in [5.74, 6) is 4.32. The van der Waals surface area contributed by atoms with E-state index in [-0.39, 0.29) is 11.5 Å². The van der Waals surface area contributed by atoms with Crippen molar-refractivity contribution < 1.29 is 22.4 Å². The number of nitrogens with two attached hydrogens (primary N) is 1. The minimum Gasteiger partial charge on any atom is -0.350 e. The molecule has 0 aliphatic heterocycles. The number of carbonyl (C=O) groups excluding carboxylic acids is 1. The average molecular weight is 413 g/mol. The van der Waals surface area contributed by atoms with Crippen molar-refractivity contribution in [3.05, 3.63) is 83.8 Å². The van der Waals surface area contributed by atoms with E-state index in [9.17, 15) is 22.4 Å². The van der Waals surface area contributed by atoms with E-state index in [2.05, 4.69) is 4.98 Å². The molecule has 0 fully saturated rings. The van der Waals surface area contributed by atoms with Gasteiger partial charge < -0.3 is 4.98 Å². The van der Waals surface area contributed by atoms with Gasteiger partial charge in [0.2, 0.25) is 0 Å². The molecular formula is C22H15F4N3O. The first-order chi connectivity index (χ1) is 14.3. The third-order valence-electron chi connectivity index (χ3n) is 4.84. The lowest BCUT2D eigenvalue weighted by molar-refractivity contribution is -0.137. The molecule has 0 atom stereocenters. The number of H-pyrrole nitrogens is 1. The van der Waals surface area contributed by atoms with Crippen molar-refractivity contribution in [2.45, 2.75) is 6.18 Å². The fraction of sp³-hybridized carbons (Fsp3) is 0.0455. The SMILES string of the molecule is NNC(=O)c1[nH]c2cc(-c3ccc(F)cc3)ccc2c1-c1ccc(C(F)(F)F)cc1. The predicted octanol–water partition coefficient (Wildman–Crippen LogP) is 5.26. The molecule has 0 saturated carbocycles. The van der Waals surface area contributed by atoms with E-state index in [4.69, 9.17) is 5.84 Å². The van der Waals surface area contributed by atoms with Gasteiger partial charge in [0.1, 0.15) is 11.5 Å². The van der Waals surface area contributed by atoms with Crippen LogP contribution in [0.1, 0.15) is 16.1 Å². The summed E-state index contributed by atoms with van der Waals surface area (Å²) >= 11 is 0. The molecule has 4 N–H and O–H groups in total. The highest BCUT2D eigenvalue weighted by molar-refractivity contribution is 6.10. The molecule has 0 aliphatic carbocycles. The van der Waals surface area contributed by atoms with Gasteiger partial charge >= 0.3 is 6.18 Å². The lowest BCUT2D eigenvalue weighted by Crippen LogP contribution is -2.30. The Morgan fingerprint density at radius 2 is 1.47 bits per heavy atom. The summed E-state index contributed by atoms with van der Waals surface area (Å²) in [4.78, 5) is 15.3. The highest BCUT2D eigenvalue weighted by atomic mass is 19.4. The van der Waals surface area contributed by atoms with E-state index in [1.807, 2.05) is 5.43 Å². The molecule has 4 rings (SSSR count). The van der Waals surface area contributed by atoms with Crippen molar-refractivity contribution in [1.29, 1.82) is 0 Å². The first-order valence-electron chi connectivity index (χ1n) is 8.88. The number of nitrogen functional groups attached to an aromatic ring is 1. The highest BCUT2D eigenvalue weighted by Gasteiger charge is 2.30. The lowest BCUT2D eigenvalue weighted by Gasteiger charge is -2.09. The molecule has 0 radical (unpaired) electrons. The summed E-state index contributed by atoms with van der Waals surface area (Å²) in [6, 6.07) is 15.8. The van der Waals surface area contributed by atoms with Crippen LogP contribution in [-0.2, 0) is 6.18 Å². The van der Waals surface area contributed by atoms with Crippen molar-refractivity contribution in [3.63, 3.8) is 0 Å². The number of benzene rings is 3. The van der Waals surface area contributed by atoms with Gasteiger partial charge in [0.05, 0.1) is 5.56 Å². The average Bonchev–Trinajstić information content (AvgIpc) is 3.12. The maximum Gasteiger partial charge on any atom is 0.416 e. The second-order valence-corrected chi connectivity index (χ2v) is 6.69. The molecule has 3 aromatic carbocycles. The molecule has 0 spiro atoms. The summed E-state index contributed by atoms with van der Waals surface area (Å²) in [5, 5.41) is 0.638. The molecule has 4 aromatic rings. The van der Waals surface area contributed by atoms with Crippen LogP contribution < -0.4 is 11.3 Å². The molecule has 30 heavy (non-hydrogen) atoms. The van der Waals surface area contributed by atoms with Crippen LogP contribution in [0, 0.1) is 5.82 Å². The van der Waals surface area contributed by atoms with Gasteiger partial charge in [-0.2, -0.15) is 13.2 Å². The normalized spacial score (nSPS) is 11.6. The van der Waals surface area contributed by atoms with Crippen molar-refractivity contribution in [2.24, 2.45) is 5.84 Å². The first-order valence-corrected chi connectivity index (χ1v) is 8.88. The molecule has 0 aliphatic rings. The number of aromatic amines is 1. The Morgan fingerprint density at radius 1 is 0.867 bits per heavy atom. The topological polar surface area (TPSA) is 70.9 Å². The monoisotopic (exact) mass is 413 g/mol.